The van der Waals surface area contributed by atoms with Crippen LogP contribution in [0, 0.1) is 5.92 Å². The minimum Gasteiger partial charge on any atom is -0.309 e. The summed E-state index contributed by atoms with van der Waals surface area (Å²) in [4.78, 5) is 0. The summed E-state index contributed by atoms with van der Waals surface area (Å²) in [6.45, 7) is 2.35. The van der Waals surface area contributed by atoms with Gasteiger partial charge in [-0.15, -0.1) is 11.3 Å². The normalized spacial score (nSPS) is 18.6. The number of benzene rings is 6. The molecule has 1 atom stereocenters. The molecule has 0 radical (unpaired) electrons. The molecule has 282 valence electrons. The van der Waals surface area contributed by atoms with Crippen LogP contribution in [0.15, 0.2) is 175 Å². The van der Waals surface area contributed by atoms with Gasteiger partial charge >= 0.3 is 0 Å². The van der Waals surface area contributed by atoms with Crippen molar-refractivity contribution in [2.45, 2.75) is 58.3 Å². The Hall–Kier alpha value is -5.96. The van der Waals surface area contributed by atoms with Crippen LogP contribution in [0.25, 0.3) is 81.1 Å². The Bertz CT molecular complexity index is 3080. The van der Waals surface area contributed by atoms with Crippen molar-refractivity contribution in [1.82, 2.24) is 4.57 Å². The Kier molecular flexibility index (Phi) is 8.97. The largest absolute Gasteiger partial charge is 0.309 e. The molecule has 0 saturated heterocycles. The Morgan fingerprint density at radius 3 is 2.17 bits per heavy atom. The van der Waals surface area contributed by atoms with Crippen LogP contribution in [-0.2, 0) is 0 Å². The van der Waals surface area contributed by atoms with Crippen molar-refractivity contribution in [1.29, 1.82) is 0 Å². The summed E-state index contributed by atoms with van der Waals surface area (Å²) < 4.78 is 5.14. The SMILES string of the molecule is CCC1CCC/C=C\C=C/1c1ccccc1-c1ccc2c(c1)c1ccccc1n2-c1ccc2sc3ccc(-c4ccccc4C4=C5CCCC(=CC=C4)C5)cc3c2c1. The molecule has 0 spiro atoms. The predicted octanol–water partition coefficient (Wildman–Crippen LogP) is 16.5. The summed E-state index contributed by atoms with van der Waals surface area (Å²) in [6.07, 6.45) is 23.6. The van der Waals surface area contributed by atoms with Crippen LogP contribution < -0.4 is 0 Å². The zero-order valence-electron chi connectivity index (χ0n) is 33.2. The maximum Gasteiger partial charge on any atom is 0.0541 e. The van der Waals surface area contributed by atoms with Gasteiger partial charge in [-0.2, -0.15) is 0 Å². The first kappa shape index (κ1) is 35.2. The number of hydrogen-bond donors (Lipinski definition) is 0. The van der Waals surface area contributed by atoms with Gasteiger partial charge in [-0.05, 0) is 150 Å². The van der Waals surface area contributed by atoms with Gasteiger partial charge in [0, 0.05) is 36.6 Å². The molecule has 1 saturated carbocycles. The monoisotopic (exact) mass is 765 g/mol. The average molecular weight is 766 g/mol. The smallest absolute Gasteiger partial charge is 0.0541 e. The quantitative estimate of drug-likeness (QED) is 0.159. The number of allylic oxidation sites excluding steroid dienone is 10. The lowest BCUT2D eigenvalue weighted by Gasteiger charge is -2.23. The number of nitrogens with zero attached hydrogens (tertiary/aromatic N) is 1. The van der Waals surface area contributed by atoms with Crippen molar-refractivity contribution in [2.24, 2.45) is 5.92 Å². The first-order valence-corrected chi connectivity index (χ1v) is 22.2. The van der Waals surface area contributed by atoms with E-state index in [4.69, 9.17) is 0 Å². The zero-order valence-corrected chi connectivity index (χ0v) is 34.0. The van der Waals surface area contributed by atoms with Gasteiger partial charge in [0.25, 0.3) is 0 Å². The minimum atomic E-state index is 0.569. The summed E-state index contributed by atoms with van der Waals surface area (Å²) >= 11 is 1.90. The highest BCUT2D eigenvalue weighted by Crippen LogP contribution is 2.44. The summed E-state index contributed by atoms with van der Waals surface area (Å²) in [6, 6.07) is 48.5. The summed E-state index contributed by atoms with van der Waals surface area (Å²) in [7, 11) is 0. The lowest BCUT2D eigenvalue weighted by molar-refractivity contribution is 0.561. The zero-order chi connectivity index (χ0) is 38.6. The van der Waals surface area contributed by atoms with Crippen LogP contribution in [0.3, 0.4) is 0 Å². The third-order valence-corrected chi connectivity index (χ3v) is 14.3. The number of para-hydroxylation sites is 1. The highest BCUT2D eigenvalue weighted by Gasteiger charge is 2.22. The first-order chi connectivity index (χ1) is 28.7. The van der Waals surface area contributed by atoms with E-state index in [9.17, 15) is 0 Å². The second kappa shape index (κ2) is 14.8. The van der Waals surface area contributed by atoms with Crippen LogP contribution in [0.1, 0.15) is 69.4 Å². The fraction of sp³-hybridized carbons (Fsp3) is 0.179. The van der Waals surface area contributed by atoms with Crippen molar-refractivity contribution in [3.8, 4) is 27.9 Å². The first-order valence-electron chi connectivity index (χ1n) is 21.4. The van der Waals surface area contributed by atoms with Crippen molar-refractivity contribution in [2.75, 3.05) is 0 Å². The van der Waals surface area contributed by atoms with Crippen molar-refractivity contribution in [3.05, 3.63) is 186 Å². The Morgan fingerprint density at radius 2 is 1.31 bits per heavy atom. The van der Waals surface area contributed by atoms with Gasteiger partial charge in [0.15, 0.2) is 0 Å². The van der Waals surface area contributed by atoms with Crippen molar-refractivity contribution < 1.29 is 0 Å². The van der Waals surface area contributed by atoms with Gasteiger partial charge < -0.3 is 4.57 Å². The van der Waals surface area contributed by atoms with Gasteiger partial charge in [0.05, 0.1) is 11.0 Å². The van der Waals surface area contributed by atoms with Gasteiger partial charge in [0.2, 0.25) is 0 Å². The Balaban J connectivity index is 1.03. The molecule has 8 aromatic rings. The molecule has 3 aliphatic carbocycles. The summed E-state index contributed by atoms with van der Waals surface area (Å²) in [5, 5.41) is 5.22. The number of thiophene rings is 1. The average Bonchev–Trinajstić information content (AvgIpc) is 3.75. The van der Waals surface area contributed by atoms with Crippen LogP contribution in [0.2, 0.25) is 0 Å². The summed E-state index contributed by atoms with van der Waals surface area (Å²) in [5.41, 5.74) is 17.6. The van der Waals surface area contributed by atoms with Gasteiger partial charge in [-0.1, -0.05) is 133 Å². The standard InChI is InChI=1S/C56H47NS/c1-2-38-17-5-3-4-6-19-43(38)47-22-9-7-20-44(47)40-27-30-54-50(34-40)49-24-11-12-26-53(49)57(54)42-29-32-56-52(36-42)51-35-41(28-31-55(51)58-56)45-21-8-10-23-48(45)46-25-14-16-37-15-13-18-39(46)33-37/h4,6-12,14,16,19-32,34-36,38H,2-3,5,13,15,17-18,33H2,1H3/b6-4-,43-19+. The minimum absolute atomic E-state index is 0.569. The second-order valence-corrected chi connectivity index (χ2v) is 17.6. The molecule has 0 aliphatic heterocycles. The number of aromatic nitrogens is 1. The van der Waals surface area contributed by atoms with Crippen molar-refractivity contribution >= 4 is 64.5 Å². The fourth-order valence-electron chi connectivity index (χ4n) is 10.3. The molecule has 2 heterocycles. The molecule has 1 unspecified atom stereocenters. The van der Waals surface area contributed by atoms with Gasteiger partial charge in [-0.3, -0.25) is 0 Å². The second-order valence-electron chi connectivity index (χ2n) is 16.5. The Morgan fingerprint density at radius 1 is 0.603 bits per heavy atom. The van der Waals surface area contributed by atoms with Crippen LogP contribution in [0.4, 0.5) is 0 Å². The van der Waals surface area contributed by atoms with E-state index >= 15 is 0 Å². The maximum atomic E-state index is 2.48. The van der Waals surface area contributed by atoms with Crippen LogP contribution >= 0.6 is 11.3 Å². The maximum absolute atomic E-state index is 2.48. The van der Waals surface area contributed by atoms with E-state index < -0.39 is 0 Å². The Labute approximate surface area is 345 Å². The lowest BCUT2D eigenvalue weighted by atomic mass is 9.82. The molecule has 2 bridgehead atoms. The lowest BCUT2D eigenvalue weighted by Crippen LogP contribution is -2.05. The highest BCUT2D eigenvalue weighted by molar-refractivity contribution is 7.25. The predicted molar refractivity (Wildman–Crippen MR) is 252 cm³/mol. The van der Waals surface area contributed by atoms with E-state index in [0.717, 1.165) is 12.8 Å². The molecule has 0 N–H and O–H groups in total. The van der Waals surface area contributed by atoms with E-state index in [1.165, 1.54) is 131 Å². The fourth-order valence-corrected chi connectivity index (χ4v) is 11.3. The van der Waals surface area contributed by atoms with E-state index in [2.05, 4.69) is 175 Å². The third-order valence-electron chi connectivity index (χ3n) is 13.1. The molecule has 1 nitrogen and oxygen atoms in total. The van der Waals surface area contributed by atoms with Crippen LogP contribution in [0.5, 0.6) is 0 Å². The van der Waals surface area contributed by atoms with E-state index in [-0.39, 0.29) is 0 Å². The number of rotatable bonds is 6. The molecular weight excluding hydrogens is 719 g/mol. The molecule has 11 rings (SSSR count). The van der Waals surface area contributed by atoms with E-state index in [1.807, 2.05) is 11.3 Å². The van der Waals surface area contributed by atoms with E-state index in [1.54, 1.807) is 11.1 Å². The molecule has 3 aliphatic rings. The molecule has 2 heteroatoms. The van der Waals surface area contributed by atoms with Gasteiger partial charge in [0.1, 0.15) is 0 Å². The number of fused-ring (bicyclic) bond motifs is 8. The molecule has 6 aromatic carbocycles. The van der Waals surface area contributed by atoms with Crippen molar-refractivity contribution in [3.63, 3.8) is 0 Å². The van der Waals surface area contributed by atoms with E-state index in [0.29, 0.717) is 5.92 Å². The summed E-state index contributed by atoms with van der Waals surface area (Å²) in [5.74, 6) is 0.569. The third kappa shape index (κ3) is 6.05. The molecule has 58 heavy (non-hydrogen) atoms. The molecule has 1 fully saturated rings. The highest BCUT2D eigenvalue weighted by atomic mass is 32.1. The molecule has 0 amide bonds. The topological polar surface area (TPSA) is 4.93 Å². The number of hydrogen-bond acceptors (Lipinski definition) is 1. The van der Waals surface area contributed by atoms with Crippen LogP contribution in [-0.4, -0.2) is 4.57 Å². The molecular formula is C56H47NS. The van der Waals surface area contributed by atoms with Gasteiger partial charge in [-0.25, -0.2) is 0 Å². The molecule has 2 aromatic heterocycles.